The summed E-state index contributed by atoms with van der Waals surface area (Å²) in [6, 6.07) is -0.251. The van der Waals surface area contributed by atoms with Crippen LogP contribution < -0.4 is 5.32 Å². The lowest BCUT2D eigenvalue weighted by atomic mass is 10.2. The van der Waals surface area contributed by atoms with Gasteiger partial charge in [-0.15, -0.1) is 11.3 Å². The molecule has 1 unspecified atom stereocenters. The van der Waals surface area contributed by atoms with Crippen molar-refractivity contribution in [1.82, 2.24) is 20.1 Å². The van der Waals surface area contributed by atoms with Crippen molar-refractivity contribution in [3.05, 3.63) is 16.1 Å². The highest BCUT2D eigenvalue weighted by Crippen LogP contribution is 2.18. The molecule has 8 heteroatoms. The van der Waals surface area contributed by atoms with Gasteiger partial charge in [0.25, 0.3) is 0 Å². The zero-order valence-electron chi connectivity index (χ0n) is 15.0. The third-order valence-corrected chi connectivity index (χ3v) is 4.71. The molecule has 0 aliphatic carbocycles. The molecule has 1 saturated heterocycles. The third kappa shape index (κ3) is 5.09. The van der Waals surface area contributed by atoms with Crippen molar-refractivity contribution >= 4 is 23.5 Å². The van der Waals surface area contributed by atoms with Crippen LogP contribution in [0, 0.1) is 6.92 Å². The highest BCUT2D eigenvalue weighted by Gasteiger charge is 2.28. The number of carbonyl (C=O) groups excluding carboxylic acids is 2. The Balaban J connectivity index is 1.81. The van der Waals surface area contributed by atoms with Crippen LogP contribution in [-0.2, 0) is 4.74 Å². The van der Waals surface area contributed by atoms with E-state index in [1.165, 1.54) is 0 Å². The molecule has 1 aliphatic rings. The van der Waals surface area contributed by atoms with Gasteiger partial charge in [-0.05, 0) is 34.6 Å². The fourth-order valence-electron chi connectivity index (χ4n) is 2.33. The van der Waals surface area contributed by atoms with Gasteiger partial charge in [-0.3, -0.25) is 0 Å². The number of piperazine rings is 1. The molecule has 24 heavy (non-hydrogen) atoms. The number of aryl methyl sites for hydroxylation is 1. The standard InChI is InChI=1S/C16H26N4O3S/c1-11-10-24-13(17-11)12(2)18-14(21)19-6-8-20(9-7-19)15(22)23-16(3,4)5/h10,12H,6-9H2,1-5H3,(H,18,21). The molecule has 7 nitrogen and oxygen atoms in total. The zero-order valence-corrected chi connectivity index (χ0v) is 15.8. The van der Waals surface area contributed by atoms with Crippen molar-refractivity contribution in [2.75, 3.05) is 26.2 Å². The molecule has 1 aromatic rings. The van der Waals surface area contributed by atoms with Crippen molar-refractivity contribution in [2.24, 2.45) is 0 Å². The normalized spacial score (nSPS) is 16.7. The maximum absolute atomic E-state index is 12.4. The predicted octanol–water partition coefficient (Wildman–Crippen LogP) is 2.77. The van der Waals surface area contributed by atoms with Crippen molar-refractivity contribution in [3.8, 4) is 0 Å². The molecule has 2 rings (SSSR count). The Morgan fingerprint density at radius 1 is 1.25 bits per heavy atom. The Morgan fingerprint density at radius 3 is 2.33 bits per heavy atom. The molecule has 2 heterocycles. The molecule has 1 fully saturated rings. The number of hydrogen-bond acceptors (Lipinski definition) is 5. The van der Waals surface area contributed by atoms with E-state index in [-0.39, 0.29) is 18.2 Å². The van der Waals surface area contributed by atoms with Crippen molar-refractivity contribution in [1.29, 1.82) is 0 Å². The van der Waals surface area contributed by atoms with Crippen LogP contribution in [0.4, 0.5) is 9.59 Å². The van der Waals surface area contributed by atoms with E-state index in [4.69, 9.17) is 4.74 Å². The second-order valence-corrected chi connectivity index (χ2v) is 7.84. The molecule has 0 radical (unpaired) electrons. The van der Waals surface area contributed by atoms with E-state index >= 15 is 0 Å². The summed E-state index contributed by atoms with van der Waals surface area (Å²) in [5.74, 6) is 0. The number of amides is 3. The summed E-state index contributed by atoms with van der Waals surface area (Å²) in [6.07, 6.45) is -0.325. The average molecular weight is 354 g/mol. The number of hydrogen-bond donors (Lipinski definition) is 1. The second-order valence-electron chi connectivity index (χ2n) is 6.95. The zero-order chi connectivity index (χ0) is 17.9. The Hall–Kier alpha value is -1.83. The van der Waals surface area contributed by atoms with Gasteiger partial charge in [0, 0.05) is 37.3 Å². The van der Waals surface area contributed by atoms with E-state index in [2.05, 4.69) is 10.3 Å². The summed E-state index contributed by atoms with van der Waals surface area (Å²) in [5.41, 5.74) is 0.453. The quantitative estimate of drug-likeness (QED) is 0.886. The van der Waals surface area contributed by atoms with Crippen LogP contribution in [0.25, 0.3) is 0 Å². The highest BCUT2D eigenvalue weighted by atomic mass is 32.1. The summed E-state index contributed by atoms with van der Waals surface area (Å²) in [5, 5.41) is 5.83. The number of nitrogens with zero attached hydrogens (tertiary/aromatic N) is 3. The molecule has 1 aromatic heterocycles. The number of carbonyl (C=O) groups is 2. The van der Waals surface area contributed by atoms with Crippen molar-refractivity contribution in [3.63, 3.8) is 0 Å². The largest absolute Gasteiger partial charge is 0.444 e. The molecular weight excluding hydrogens is 328 g/mol. The summed E-state index contributed by atoms with van der Waals surface area (Å²) < 4.78 is 5.36. The molecule has 3 amide bonds. The summed E-state index contributed by atoms with van der Waals surface area (Å²) in [7, 11) is 0. The second kappa shape index (κ2) is 7.38. The first-order chi connectivity index (χ1) is 11.2. The molecule has 0 saturated carbocycles. The van der Waals surface area contributed by atoms with Gasteiger partial charge in [-0.25, -0.2) is 14.6 Å². The van der Waals surface area contributed by atoms with Crippen LogP contribution in [0.1, 0.15) is 44.4 Å². The summed E-state index contributed by atoms with van der Waals surface area (Å²) in [6.45, 7) is 11.3. The molecule has 1 aliphatic heterocycles. The topological polar surface area (TPSA) is 74.8 Å². The Bertz CT molecular complexity index is 588. The molecular formula is C16H26N4O3S. The Morgan fingerprint density at radius 2 is 1.83 bits per heavy atom. The first-order valence-electron chi connectivity index (χ1n) is 8.11. The van der Waals surface area contributed by atoms with Crippen LogP contribution >= 0.6 is 11.3 Å². The van der Waals surface area contributed by atoms with Gasteiger partial charge in [-0.1, -0.05) is 0 Å². The fraction of sp³-hybridized carbons (Fsp3) is 0.688. The number of ether oxygens (including phenoxy) is 1. The van der Waals surface area contributed by atoms with Gasteiger partial charge in [0.1, 0.15) is 10.6 Å². The highest BCUT2D eigenvalue weighted by molar-refractivity contribution is 7.09. The predicted molar refractivity (Wildman–Crippen MR) is 93.2 cm³/mol. The first-order valence-corrected chi connectivity index (χ1v) is 8.99. The molecule has 0 bridgehead atoms. The SMILES string of the molecule is Cc1csc(C(C)NC(=O)N2CCN(C(=O)OC(C)(C)C)CC2)n1. The van der Waals surface area contributed by atoms with Gasteiger partial charge in [0.2, 0.25) is 0 Å². The van der Waals surface area contributed by atoms with Crippen LogP contribution in [0.5, 0.6) is 0 Å². The lowest BCUT2D eigenvalue weighted by Crippen LogP contribution is -2.54. The lowest BCUT2D eigenvalue weighted by Gasteiger charge is -2.35. The van der Waals surface area contributed by atoms with Crippen LogP contribution in [0.15, 0.2) is 5.38 Å². The van der Waals surface area contributed by atoms with E-state index in [0.29, 0.717) is 26.2 Å². The van der Waals surface area contributed by atoms with Crippen LogP contribution in [0.2, 0.25) is 0 Å². The van der Waals surface area contributed by atoms with Gasteiger partial charge in [-0.2, -0.15) is 0 Å². The van der Waals surface area contributed by atoms with E-state index < -0.39 is 5.60 Å². The third-order valence-electron chi connectivity index (χ3n) is 3.57. The van der Waals surface area contributed by atoms with E-state index in [1.807, 2.05) is 40.0 Å². The Kier molecular flexibility index (Phi) is 5.69. The van der Waals surface area contributed by atoms with Crippen molar-refractivity contribution in [2.45, 2.75) is 46.3 Å². The van der Waals surface area contributed by atoms with E-state index in [1.54, 1.807) is 21.1 Å². The first kappa shape index (κ1) is 18.5. The number of rotatable bonds is 2. The minimum Gasteiger partial charge on any atom is -0.444 e. The summed E-state index contributed by atoms with van der Waals surface area (Å²) >= 11 is 1.54. The van der Waals surface area contributed by atoms with Gasteiger partial charge in [0.05, 0.1) is 6.04 Å². The number of nitrogens with one attached hydrogen (secondary N) is 1. The minimum atomic E-state index is -0.507. The Labute approximate surface area is 147 Å². The molecule has 134 valence electrons. The minimum absolute atomic E-state index is 0.125. The maximum Gasteiger partial charge on any atom is 0.410 e. The monoisotopic (exact) mass is 354 g/mol. The average Bonchev–Trinajstić information content (AvgIpc) is 2.92. The van der Waals surface area contributed by atoms with Gasteiger partial charge < -0.3 is 19.9 Å². The van der Waals surface area contributed by atoms with E-state index in [9.17, 15) is 9.59 Å². The number of urea groups is 1. The van der Waals surface area contributed by atoms with E-state index in [0.717, 1.165) is 10.7 Å². The molecule has 0 aromatic carbocycles. The van der Waals surface area contributed by atoms with Crippen molar-refractivity contribution < 1.29 is 14.3 Å². The fourth-order valence-corrected chi connectivity index (χ4v) is 3.13. The van der Waals surface area contributed by atoms with Gasteiger partial charge >= 0.3 is 12.1 Å². The number of thiazole rings is 1. The lowest BCUT2D eigenvalue weighted by molar-refractivity contribution is 0.0169. The van der Waals surface area contributed by atoms with Crippen LogP contribution in [-0.4, -0.2) is 58.7 Å². The van der Waals surface area contributed by atoms with Gasteiger partial charge in [0.15, 0.2) is 0 Å². The summed E-state index contributed by atoms with van der Waals surface area (Å²) in [4.78, 5) is 32.1. The molecule has 1 N–H and O–H groups in total. The molecule has 1 atom stereocenters. The number of aromatic nitrogens is 1. The van der Waals surface area contributed by atoms with Crippen LogP contribution in [0.3, 0.4) is 0 Å². The maximum atomic E-state index is 12.4. The smallest absolute Gasteiger partial charge is 0.410 e. The molecule has 0 spiro atoms.